The largest absolute Gasteiger partial charge is 0.480 e. The molecule has 10 heavy (non-hydrogen) atoms. The Bertz CT molecular complexity index is 146. The van der Waals surface area contributed by atoms with Crippen molar-refractivity contribution in [3.05, 3.63) is 0 Å². The van der Waals surface area contributed by atoms with Gasteiger partial charge in [0.1, 0.15) is 6.04 Å². The Morgan fingerprint density at radius 3 is 2.30 bits per heavy atom. The Hall–Kier alpha value is -1.10. The molecule has 0 aliphatic rings. The minimum atomic E-state index is -1.11. The van der Waals surface area contributed by atoms with Gasteiger partial charge in [-0.05, 0) is 6.42 Å². The number of amides is 1. The minimum absolute atomic E-state index is 0.0213. The van der Waals surface area contributed by atoms with E-state index in [9.17, 15) is 9.59 Å². The van der Waals surface area contributed by atoms with E-state index >= 15 is 0 Å². The Labute approximate surface area is 58.0 Å². The molecule has 0 heterocycles. The van der Waals surface area contributed by atoms with Gasteiger partial charge in [0.15, 0.2) is 0 Å². The highest BCUT2D eigenvalue weighted by Crippen LogP contribution is 1.92. The summed E-state index contributed by atoms with van der Waals surface area (Å²) >= 11 is 0. The molecule has 0 spiro atoms. The zero-order valence-electron chi connectivity index (χ0n) is 5.41. The van der Waals surface area contributed by atoms with Crippen molar-refractivity contribution in [3.8, 4) is 0 Å². The Balaban J connectivity index is 3.49. The SMILES string of the molecule is N[13C](=O)[13CH2][13CH2][13C@@H](N)[13C](=O)O. The van der Waals surface area contributed by atoms with E-state index in [1.54, 1.807) is 0 Å². The van der Waals surface area contributed by atoms with Crippen LogP contribution in [-0.4, -0.2) is 23.0 Å². The van der Waals surface area contributed by atoms with Crippen molar-refractivity contribution in [1.82, 2.24) is 0 Å². The van der Waals surface area contributed by atoms with Gasteiger partial charge in [0.05, 0.1) is 0 Å². The summed E-state index contributed by atoms with van der Waals surface area (Å²) in [6.07, 6.45) is 0.123. The molecule has 0 bridgehead atoms. The zero-order valence-corrected chi connectivity index (χ0v) is 5.41. The van der Waals surface area contributed by atoms with Crippen molar-refractivity contribution < 1.29 is 14.7 Å². The van der Waals surface area contributed by atoms with E-state index in [0.29, 0.717) is 0 Å². The smallest absolute Gasteiger partial charge is 0.320 e. The fourth-order valence-electron chi connectivity index (χ4n) is 0.421. The molecule has 5 heteroatoms. The predicted octanol–water partition coefficient (Wildman–Crippen LogP) is -1.34. The topological polar surface area (TPSA) is 106 Å². The highest BCUT2D eigenvalue weighted by molar-refractivity contribution is 5.76. The molecule has 0 rings (SSSR count). The summed E-state index contributed by atoms with van der Waals surface area (Å²) < 4.78 is 0. The molecule has 0 radical (unpaired) electrons. The first kappa shape index (κ1) is 8.90. The molecular weight excluding hydrogens is 141 g/mol. The van der Waals surface area contributed by atoms with Crippen LogP contribution >= 0.6 is 0 Å². The molecule has 0 aromatic rings. The summed E-state index contributed by atoms with van der Waals surface area (Å²) in [5.41, 5.74) is 9.81. The highest BCUT2D eigenvalue weighted by Gasteiger charge is 2.11. The van der Waals surface area contributed by atoms with E-state index in [1.165, 1.54) is 0 Å². The number of carboxylic acid groups (broad SMARTS) is 1. The van der Waals surface area contributed by atoms with Gasteiger partial charge in [0, 0.05) is 6.42 Å². The van der Waals surface area contributed by atoms with Crippen LogP contribution in [0.3, 0.4) is 0 Å². The molecule has 0 saturated heterocycles. The number of hydrogen-bond acceptors (Lipinski definition) is 3. The van der Waals surface area contributed by atoms with Gasteiger partial charge >= 0.3 is 5.97 Å². The average Bonchev–Trinajstić information content (AvgIpc) is 1.82. The maximum atomic E-state index is 10.1. The number of rotatable bonds is 4. The first-order chi connectivity index (χ1) is 4.54. The number of primary amides is 1. The van der Waals surface area contributed by atoms with Gasteiger partial charge in [0.2, 0.25) is 5.91 Å². The van der Waals surface area contributed by atoms with Crippen LogP contribution < -0.4 is 11.5 Å². The van der Waals surface area contributed by atoms with Crippen LogP contribution in [0.4, 0.5) is 0 Å². The Kier molecular flexibility index (Phi) is 3.42. The molecule has 5 N–H and O–H groups in total. The summed E-state index contributed by atoms with van der Waals surface area (Å²) in [5, 5.41) is 8.22. The van der Waals surface area contributed by atoms with Gasteiger partial charge in [-0.2, -0.15) is 0 Å². The third-order valence-electron chi connectivity index (χ3n) is 1.02. The van der Waals surface area contributed by atoms with Crippen LogP contribution in [0.2, 0.25) is 0 Å². The molecule has 0 fully saturated rings. The van der Waals surface area contributed by atoms with Gasteiger partial charge in [0.25, 0.3) is 0 Å². The quantitative estimate of drug-likeness (QED) is 0.432. The molecule has 0 aromatic carbocycles. The minimum Gasteiger partial charge on any atom is -0.480 e. The molecule has 0 unspecified atom stereocenters. The Morgan fingerprint density at radius 1 is 1.50 bits per heavy atom. The van der Waals surface area contributed by atoms with Gasteiger partial charge in [-0.15, -0.1) is 0 Å². The standard InChI is InChI=1S/C5H10N2O3/c6-3(5(9)10)1-2-4(7)8/h3H,1-2,6H2,(H2,7,8)(H,9,10)/t3-/m1/s1/i1+1,2+1,3+1,4+1,5+1. The summed E-state index contributed by atoms with van der Waals surface area (Å²) in [6, 6.07) is -0.979. The van der Waals surface area contributed by atoms with Crippen molar-refractivity contribution in [2.45, 2.75) is 18.9 Å². The maximum absolute atomic E-state index is 10.1. The second-order valence-electron chi connectivity index (χ2n) is 1.95. The van der Waals surface area contributed by atoms with Crippen molar-refractivity contribution >= 4 is 11.9 Å². The normalized spacial score (nSPS) is 12.5. The summed E-state index contributed by atoms with van der Waals surface area (Å²) in [5.74, 6) is -1.64. The van der Waals surface area contributed by atoms with Gasteiger partial charge in [-0.1, -0.05) is 0 Å². The van der Waals surface area contributed by atoms with Crippen LogP contribution in [0, 0.1) is 0 Å². The fraction of sp³-hybridized carbons (Fsp3) is 0.600. The number of aliphatic carboxylic acids is 1. The number of nitrogens with two attached hydrogens (primary N) is 2. The molecule has 0 aliphatic heterocycles. The van der Waals surface area contributed by atoms with E-state index < -0.39 is 17.9 Å². The average molecular weight is 151 g/mol. The van der Waals surface area contributed by atoms with Crippen LogP contribution in [0.25, 0.3) is 0 Å². The maximum Gasteiger partial charge on any atom is 0.320 e. The summed E-state index contributed by atoms with van der Waals surface area (Å²) in [4.78, 5) is 20.1. The fourth-order valence-corrected chi connectivity index (χ4v) is 0.421. The van der Waals surface area contributed by atoms with Gasteiger partial charge in [-0.25, -0.2) is 0 Å². The van der Waals surface area contributed by atoms with E-state index in [0.717, 1.165) is 0 Å². The second kappa shape index (κ2) is 3.84. The van der Waals surface area contributed by atoms with Crippen molar-refractivity contribution in [2.24, 2.45) is 11.5 Å². The highest BCUT2D eigenvalue weighted by atomic mass is 16.5. The molecule has 58 valence electrons. The number of carboxylic acids is 1. The third-order valence-corrected chi connectivity index (χ3v) is 1.02. The van der Waals surface area contributed by atoms with E-state index in [4.69, 9.17) is 16.6 Å². The van der Waals surface area contributed by atoms with E-state index in [1.807, 2.05) is 0 Å². The number of carbonyl (C=O) groups is 2. The van der Waals surface area contributed by atoms with Crippen LogP contribution in [-0.2, 0) is 9.59 Å². The lowest BCUT2D eigenvalue weighted by molar-refractivity contribution is -0.138. The Morgan fingerprint density at radius 2 is 2.00 bits per heavy atom. The van der Waals surface area contributed by atoms with E-state index in [-0.39, 0.29) is 12.8 Å². The molecular formula is C5H10N2O3. The van der Waals surface area contributed by atoms with E-state index in [2.05, 4.69) is 0 Å². The van der Waals surface area contributed by atoms with Crippen molar-refractivity contribution in [1.29, 1.82) is 0 Å². The monoisotopic (exact) mass is 151 g/mol. The molecule has 5 nitrogen and oxygen atoms in total. The first-order valence-electron chi connectivity index (χ1n) is 2.80. The molecule has 0 aromatic heterocycles. The molecule has 0 aliphatic carbocycles. The van der Waals surface area contributed by atoms with Gasteiger partial charge in [-0.3, -0.25) is 9.59 Å². The van der Waals surface area contributed by atoms with Crippen LogP contribution in [0.15, 0.2) is 0 Å². The van der Waals surface area contributed by atoms with Crippen LogP contribution in [0.5, 0.6) is 0 Å². The molecule has 1 amide bonds. The third kappa shape index (κ3) is 3.85. The van der Waals surface area contributed by atoms with Gasteiger partial charge < -0.3 is 16.6 Å². The second-order valence-corrected chi connectivity index (χ2v) is 1.95. The molecule has 0 saturated carbocycles. The molecule has 1 atom stereocenters. The van der Waals surface area contributed by atoms with Crippen LogP contribution in [0.1, 0.15) is 12.8 Å². The van der Waals surface area contributed by atoms with Crippen molar-refractivity contribution in [2.75, 3.05) is 0 Å². The zero-order chi connectivity index (χ0) is 8.15. The number of hydrogen-bond donors (Lipinski definition) is 3. The lowest BCUT2D eigenvalue weighted by Crippen LogP contribution is -2.31. The predicted molar refractivity (Wildman–Crippen MR) is 34.0 cm³/mol. The summed E-state index contributed by atoms with van der Waals surface area (Å²) in [7, 11) is 0. The lowest BCUT2D eigenvalue weighted by Gasteiger charge is -2.01. The lowest BCUT2D eigenvalue weighted by atomic mass is 11.1. The van der Waals surface area contributed by atoms with Crippen molar-refractivity contribution in [3.63, 3.8) is 0 Å². The first-order valence-corrected chi connectivity index (χ1v) is 2.80. The number of carbonyl (C=O) groups excluding carboxylic acids is 1. The summed E-state index contributed by atoms with van der Waals surface area (Å²) in [6.45, 7) is 0.